The summed E-state index contributed by atoms with van der Waals surface area (Å²) in [5.41, 5.74) is 1.91. The number of methoxy groups -OCH3 is 1. The average molecular weight is 442 g/mol. The number of carboxylic acid groups (broad SMARTS) is 1. The molecule has 0 unspecified atom stereocenters. The molecule has 0 bridgehead atoms. The second kappa shape index (κ2) is 10.6. The van der Waals surface area contributed by atoms with Crippen LogP contribution in [0.15, 0.2) is 70.6 Å². The Morgan fingerprint density at radius 3 is 2.42 bits per heavy atom. The maximum atomic E-state index is 12.3. The van der Waals surface area contributed by atoms with Crippen LogP contribution >= 0.6 is 11.8 Å². The Labute approximate surface area is 201 Å². The van der Waals surface area contributed by atoms with Crippen LogP contribution in [0.3, 0.4) is 0 Å². The molecule has 0 aromatic heterocycles. The van der Waals surface area contributed by atoms with E-state index in [1.54, 1.807) is 7.11 Å². The summed E-state index contributed by atoms with van der Waals surface area (Å²) in [6, 6.07) is 20.2. The van der Waals surface area contributed by atoms with Gasteiger partial charge in [0.15, 0.2) is 0 Å². The van der Waals surface area contributed by atoms with Crippen molar-refractivity contribution in [1.82, 2.24) is 0 Å². The molecule has 0 spiro atoms. The number of amidine groups is 1. The summed E-state index contributed by atoms with van der Waals surface area (Å²) in [6.45, 7) is 1.08. The molecule has 4 rings (SSSR count). The minimum atomic E-state index is -0.833. The number of carbonyl (C=O) groups is 2. The molecule has 0 saturated heterocycles. The molecule has 0 fully saturated rings. The van der Waals surface area contributed by atoms with Crippen LogP contribution in [0, 0.1) is 0 Å². The van der Waals surface area contributed by atoms with E-state index in [4.69, 9.17) is 14.6 Å². The first-order valence-corrected chi connectivity index (χ1v) is 11.3. The molecule has 1 aliphatic heterocycles. The van der Waals surface area contributed by atoms with E-state index in [1.807, 2.05) is 48.5 Å². The first-order valence-electron chi connectivity index (χ1n) is 9.47. The van der Waals surface area contributed by atoms with Crippen LogP contribution in [0.1, 0.15) is 12.5 Å². The molecular weight excluding hydrogens is 423 g/mol. The number of hydrogen-bond acceptors (Lipinski definition) is 5. The van der Waals surface area contributed by atoms with Gasteiger partial charge in [0.05, 0.1) is 7.11 Å². The molecule has 152 valence electrons. The number of carbonyl (C=O) groups excluding carboxylic acids is 1. The van der Waals surface area contributed by atoms with Gasteiger partial charge in [-0.05, 0) is 17.5 Å². The molecule has 1 heterocycles. The van der Waals surface area contributed by atoms with E-state index in [1.165, 1.54) is 14.6 Å². The zero-order valence-corrected chi connectivity index (χ0v) is 20.2. The predicted octanol–water partition coefficient (Wildman–Crippen LogP) is 3.82. The smallest absolute Gasteiger partial charge is 0.0147 e. The standard InChI is InChI=1S/C21H15N2O2S.C2H4O2.Na/c1-25-18-10-9-15-11-14(7-8-16(15)13-18)12-19-20(24)23-21(26-19)22-17-5-3-2-4-6-17;1-2(3)4;/h3-13H,1H3,(H,22,23,24);1H3,(H,3,4);. The van der Waals surface area contributed by atoms with Crippen molar-refractivity contribution in [1.29, 1.82) is 0 Å². The SMILES string of the molecule is CC(=O)O.COc1ccc2cc(C=C3SC(Nc4cc[c]([Na])cc4)=NC3=O)ccc2c1. The fourth-order valence-electron chi connectivity index (χ4n) is 2.83. The molecule has 0 aliphatic carbocycles. The van der Waals surface area contributed by atoms with Gasteiger partial charge in [0.1, 0.15) is 5.75 Å². The van der Waals surface area contributed by atoms with Crippen LogP contribution in [-0.4, -0.2) is 57.2 Å². The van der Waals surface area contributed by atoms with E-state index in [-0.39, 0.29) is 5.91 Å². The summed E-state index contributed by atoms with van der Waals surface area (Å²) >= 11 is 2.39. The van der Waals surface area contributed by atoms with E-state index in [9.17, 15) is 4.79 Å². The third-order valence-corrected chi connectivity index (χ3v) is 5.86. The Bertz CT molecular complexity index is 1190. The van der Waals surface area contributed by atoms with Gasteiger partial charge in [-0.2, -0.15) is 0 Å². The average Bonchev–Trinajstić information content (AvgIpc) is 3.07. The van der Waals surface area contributed by atoms with Crippen molar-refractivity contribution >= 4 is 82.1 Å². The molecule has 6 nitrogen and oxygen atoms in total. The molecule has 2 N–H and O–H groups in total. The van der Waals surface area contributed by atoms with Crippen molar-refractivity contribution in [3.8, 4) is 5.75 Å². The molecule has 3 aromatic rings. The second-order valence-corrected chi connectivity index (χ2v) is 9.00. The number of aliphatic imine (C=N–C) groups is 1. The molecule has 0 saturated carbocycles. The first kappa shape index (κ1) is 23.1. The van der Waals surface area contributed by atoms with Gasteiger partial charge in [0, 0.05) is 6.92 Å². The Hall–Kier alpha value is -2.58. The molecule has 3 aromatic carbocycles. The number of fused-ring (bicyclic) bond motifs is 1. The van der Waals surface area contributed by atoms with Crippen molar-refractivity contribution in [2.75, 3.05) is 12.4 Å². The van der Waals surface area contributed by atoms with E-state index >= 15 is 0 Å². The van der Waals surface area contributed by atoms with Crippen LogP contribution in [0.4, 0.5) is 5.69 Å². The second-order valence-electron chi connectivity index (χ2n) is 6.82. The third-order valence-electron chi connectivity index (χ3n) is 4.29. The number of hydrogen-bond donors (Lipinski definition) is 2. The summed E-state index contributed by atoms with van der Waals surface area (Å²) in [5, 5.41) is 13.4. The quantitative estimate of drug-likeness (QED) is 0.474. The third kappa shape index (κ3) is 6.70. The summed E-state index contributed by atoms with van der Waals surface area (Å²) < 4.78 is 6.59. The van der Waals surface area contributed by atoms with E-state index in [2.05, 4.69) is 28.5 Å². The van der Waals surface area contributed by atoms with Crippen molar-refractivity contribution < 1.29 is 19.4 Å². The fourth-order valence-corrected chi connectivity index (χ4v) is 4.00. The Kier molecular flexibility index (Phi) is 7.92. The zero-order valence-electron chi connectivity index (χ0n) is 17.4. The number of benzene rings is 3. The van der Waals surface area contributed by atoms with Crippen molar-refractivity contribution in [3.05, 3.63) is 71.1 Å². The molecule has 0 atom stereocenters. The van der Waals surface area contributed by atoms with Gasteiger partial charge in [-0.15, -0.1) is 0 Å². The normalized spacial score (nSPS) is 14.1. The number of amides is 1. The van der Waals surface area contributed by atoms with Gasteiger partial charge in [0.25, 0.3) is 5.97 Å². The summed E-state index contributed by atoms with van der Waals surface area (Å²) in [5.74, 6) is -0.213. The summed E-state index contributed by atoms with van der Waals surface area (Å²) in [6.07, 6.45) is 1.88. The number of rotatable bonds is 3. The van der Waals surface area contributed by atoms with Gasteiger partial charge in [0.2, 0.25) is 0 Å². The fraction of sp³-hybridized carbons (Fsp3) is 0.0870. The topological polar surface area (TPSA) is 88.0 Å². The summed E-state index contributed by atoms with van der Waals surface area (Å²) in [4.78, 5) is 26.0. The van der Waals surface area contributed by atoms with E-state index in [0.717, 1.165) is 62.6 Å². The van der Waals surface area contributed by atoms with E-state index in [0.29, 0.717) is 10.1 Å². The van der Waals surface area contributed by atoms with Crippen LogP contribution < -0.4 is 12.9 Å². The number of ether oxygens (including phenoxy) is 1. The van der Waals surface area contributed by atoms with Crippen LogP contribution in [0.5, 0.6) is 5.75 Å². The molecule has 8 heteroatoms. The maximum absolute atomic E-state index is 12.3. The monoisotopic (exact) mass is 442 g/mol. The number of thioether (sulfide) groups is 1. The van der Waals surface area contributed by atoms with Gasteiger partial charge in [-0.25, -0.2) is 0 Å². The van der Waals surface area contributed by atoms with Crippen molar-refractivity contribution in [3.63, 3.8) is 0 Å². The molecule has 31 heavy (non-hydrogen) atoms. The molecule has 1 amide bonds. The molecule has 0 radical (unpaired) electrons. The molecular formula is C23H19N2NaO4S. The van der Waals surface area contributed by atoms with E-state index < -0.39 is 5.97 Å². The number of aliphatic carboxylic acids is 1. The summed E-state index contributed by atoms with van der Waals surface area (Å²) in [7, 11) is 1.66. The van der Waals surface area contributed by atoms with Gasteiger partial charge >= 0.3 is 139 Å². The molecule has 1 aliphatic rings. The zero-order chi connectivity index (χ0) is 22.4. The van der Waals surface area contributed by atoms with Gasteiger partial charge in [-0.3, -0.25) is 4.79 Å². The van der Waals surface area contributed by atoms with Crippen LogP contribution in [0.2, 0.25) is 0 Å². The van der Waals surface area contributed by atoms with Crippen molar-refractivity contribution in [2.45, 2.75) is 6.92 Å². The number of anilines is 1. The Balaban J connectivity index is 0.000000628. The predicted molar refractivity (Wildman–Crippen MR) is 127 cm³/mol. The van der Waals surface area contributed by atoms with Crippen LogP contribution in [-0.2, 0) is 9.59 Å². The van der Waals surface area contributed by atoms with Gasteiger partial charge < -0.3 is 9.84 Å². The Morgan fingerprint density at radius 1 is 1.10 bits per heavy atom. The minimum Gasteiger partial charge on any atom is -0.0147 e. The minimum absolute atomic E-state index is 0.211. The Morgan fingerprint density at radius 2 is 1.74 bits per heavy atom. The van der Waals surface area contributed by atoms with Gasteiger partial charge in [-0.1, -0.05) is 6.07 Å². The number of nitrogens with zero attached hydrogens (tertiary/aromatic N) is 1. The first-order chi connectivity index (χ1) is 14.8. The van der Waals surface area contributed by atoms with Crippen LogP contribution in [0.25, 0.3) is 16.8 Å². The van der Waals surface area contributed by atoms with Crippen molar-refractivity contribution in [2.24, 2.45) is 4.99 Å². The number of nitrogens with one attached hydrogen (secondary N) is 1. The number of carboxylic acids is 1.